The standard InChI is InChI=1S/C23H24N4O3/c1-3-12-27-22(28)20(17-8-4-5-9-18(17)30-2)21(23(27)29)26-15-13-25(14-16-26)19-10-6-7-11-24-19/h3-11H,1,12-16H2,2H3. The van der Waals surface area contributed by atoms with Crippen molar-refractivity contribution in [3.8, 4) is 5.75 Å². The average Bonchev–Trinajstić information content (AvgIpc) is 3.04. The fourth-order valence-electron chi connectivity index (χ4n) is 3.95. The number of methoxy groups -OCH3 is 1. The third-order valence-electron chi connectivity index (χ3n) is 5.40. The van der Waals surface area contributed by atoms with E-state index in [1.54, 1.807) is 25.4 Å². The number of carbonyl (C=O) groups excluding carboxylic acids is 2. The van der Waals surface area contributed by atoms with Crippen molar-refractivity contribution < 1.29 is 14.3 Å². The van der Waals surface area contributed by atoms with Crippen LogP contribution < -0.4 is 9.64 Å². The molecule has 1 aromatic carbocycles. The van der Waals surface area contributed by atoms with E-state index in [0.717, 1.165) is 5.82 Å². The van der Waals surface area contributed by atoms with E-state index in [1.807, 2.05) is 41.3 Å². The molecule has 0 unspecified atom stereocenters. The Morgan fingerprint density at radius 2 is 1.70 bits per heavy atom. The number of para-hydroxylation sites is 1. The van der Waals surface area contributed by atoms with Gasteiger partial charge in [-0.05, 0) is 18.2 Å². The first kappa shape index (κ1) is 19.7. The number of piperazine rings is 1. The number of rotatable bonds is 6. The molecule has 2 aliphatic rings. The minimum atomic E-state index is -0.313. The fourth-order valence-corrected chi connectivity index (χ4v) is 3.95. The van der Waals surface area contributed by atoms with Gasteiger partial charge in [-0.25, -0.2) is 4.98 Å². The molecule has 3 heterocycles. The number of nitrogens with zero attached hydrogens (tertiary/aromatic N) is 4. The number of aromatic nitrogens is 1. The van der Waals surface area contributed by atoms with Crippen LogP contribution in [0.15, 0.2) is 67.0 Å². The van der Waals surface area contributed by atoms with Crippen LogP contribution in [-0.2, 0) is 9.59 Å². The highest BCUT2D eigenvalue weighted by molar-refractivity contribution is 6.36. The van der Waals surface area contributed by atoms with Gasteiger partial charge < -0.3 is 14.5 Å². The second kappa shape index (κ2) is 8.41. The molecular formula is C23H24N4O3. The fraction of sp³-hybridized carbons (Fsp3) is 0.261. The molecule has 154 valence electrons. The van der Waals surface area contributed by atoms with Gasteiger partial charge in [0.15, 0.2) is 0 Å². The van der Waals surface area contributed by atoms with Crippen molar-refractivity contribution in [2.24, 2.45) is 0 Å². The third kappa shape index (κ3) is 3.43. The topological polar surface area (TPSA) is 66.0 Å². The predicted molar refractivity (Wildman–Crippen MR) is 115 cm³/mol. The molecule has 0 saturated carbocycles. The number of anilines is 1. The van der Waals surface area contributed by atoms with Crippen molar-refractivity contribution in [1.82, 2.24) is 14.8 Å². The van der Waals surface area contributed by atoms with Crippen molar-refractivity contribution in [3.63, 3.8) is 0 Å². The molecule has 1 fully saturated rings. The molecule has 0 aliphatic carbocycles. The quantitative estimate of drug-likeness (QED) is 0.543. The maximum Gasteiger partial charge on any atom is 0.278 e. The summed E-state index contributed by atoms with van der Waals surface area (Å²) >= 11 is 0. The van der Waals surface area contributed by atoms with Gasteiger partial charge in [0.1, 0.15) is 17.3 Å². The largest absolute Gasteiger partial charge is 0.496 e. The minimum absolute atomic E-state index is 0.174. The highest BCUT2D eigenvalue weighted by Gasteiger charge is 2.42. The van der Waals surface area contributed by atoms with Crippen molar-refractivity contribution in [1.29, 1.82) is 0 Å². The molecule has 4 rings (SSSR count). The third-order valence-corrected chi connectivity index (χ3v) is 5.40. The Labute approximate surface area is 175 Å². The van der Waals surface area contributed by atoms with Gasteiger partial charge in [-0.1, -0.05) is 30.3 Å². The molecule has 0 bridgehead atoms. The number of hydrogen-bond acceptors (Lipinski definition) is 6. The van der Waals surface area contributed by atoms with E-state index in [1.165, 1.54) is 4.90 Å². The van der Waals surface area contributed by atoms with Gasteiger partial charge in [-0.2, -0.15) is 0 Å². The van der Waals surface area contributed by atoms with Crippen LogP contribution in [0.2, 0.25) is 0 Å². The molecule has 2 aliphatic heterocycles. The summed E-state index contributed by atoms with van der Waals surface area (Å²) < 4.78 is 5.48. The summed E-state index contributed by atoms with van der Waals surface area (Å²) in [7, 11) is 1.56. The van der Waals surface area contributed by atoms with E-state index in [-0.39, 0.29) is 18.4 Å². The van der Waals surface area contributed by atoms with Crippen LogP contribution in [0.1, 0.15) is 5.56 Å². The van der Waals surface area contributed by atoms with Crippen LogP contribution in [-0.4, -0.2) is 66.4 Å². The number of carbonyl (C=O) groups is 2. The number of pyridine rings is 1. The Kier molecular flexibility index (Phi) is 5.52. The van der Waals surface area contributed by atoms with Gasteiger partial charge in [0.25, 0.3) is 11.8 Å². The summed E-state index contributed by atoms with van der Waals surface area (Å²) in [5.41, 5.74) is 1.46. The first-order valence-electron chi connectivity index (χ1n) is 9.91. The second-order valence-electron chi connectivity index (χ2n) is 7.10. The van der Waals surface area contributed by atoms with Crippen LogP contribution in [0, 0.1) is 0 Å². The monoisotopic (exact) mass is 404 g/mol. The molecule has 0 spiro atoms. The molecule has 2 amide bonds. The molecular weight excluding hydrogens is 380 g/mol. The summed E-state index contributed by atoms with van der Waals surface area (Å²) in [6.07, 6.45) is 3.34. The lowest BCUT2D eigenvalue weighted by molar-refractivity contribution is -0.136. The molecule has 0 N–H and O–H groups in total. The SMILES string of the molecule is C=CCN1C(=O)C(c2ccccc2OC)=C(N2CCN(c3ccccn3)CC2)C1=O. The zero-order valence-corrected chi connectivity index (χ0v) is 17.0. The Balaban J connectivity index is 1.69. The maximum absolute atomic E-state index is 13.2. The van der Waals surface area contributed by atoms with E-state index in [2.05, 4.69) is 16.5 Å². The van der Waals surface area contributed by atoms with Gasteiger partial charge in [0, 0.05) is 44.5 Å². The summed E-state index contributed by atoms with van der Waals surface area (Å²) in [6.45, 7) is 6.52. The number of benzene rings is 1. The molecule has 0 radical (unpaired) electrons. The van der Waals surface area contributed by atoms with Gasteiger partial charge in [-0.3, -0.25) is 14.5 Å². The van der Waals surface area contributed by atoms with E-state index in [9.17, 15) is 9.59 Å². The number of hydrogen-bond donors (Lipinski definition) is 0. The van der Waals surface area contributed by atoms with Crippen LogP contribution in [0.3, 0.4) is 0 Å². The van der Waals surface area contributed by atoms with Crippen LogP contribution >= 0.6 is 0 Å². The molecule has 0 atom stereocenters. The zero-order valence-electron chi connectivity index (χ0n) is 17.0. The molecule has 2 aromatic rings. The zero-order chi connectivity index (χ0) is 21.1. The van der Waals surface area contributed by atoms with Gasteiger partial charge >= 0.3 is 0 Å². The highest BCUT2D eigenvalue weighted by Crippen LogP contribution is 2.36. The molecule has 1 aromatic heterocycles. The normalized spacial score (nSPS) is 17.0. The lowest BCUT2D eigenvalue weighted by Gasteiger charge is -2.37. The highest BCUT2D eigenvalue weighted by atomic mass is 16.5. The molecule has 7 nitrogen and oxygen atoms in total. The van der Waals surface area contributed by atoms with Crippen molar-refractivity contribution in [2.45, 2.75) is 0 Å². The van der Waals surface area contributed by atoms with Crippen LogP contribution in [0.25, 0.3) is 5.57 Å². The minimum Gasteiger partial charge on any atom is -0.496 e. The molecule has 7 heteroatoms. The summed E-state index contributed by atoms with van der Waals surface area (Å²) in [5, 5.41) is 0. The summed E-state index contributed by atoms with van der Waals surface area (Å²) in [4.78, 5) is 36.3. The first-order valence-corrected chi connectivity index (χ1v) is 9.91. The van der Waals surface area contributed by atoms with Crippen molar-refractivity contribution >= 4 is 23.2 Å². The molecule has 30 heavy (non-hydrogen) atoms. The van der Waals surface area contributed by atoms with Gasteiger partial charge in [-0.15, -0.1) is 6.58 Å². The van der Waals surface area contributed by atoms with Gasteiger partial charge in [0.2, 0.25) is 0 Å². The lowest BCUT2D eigenvalue weighted by Crippen LogP contribution is -2.47. The van der Waals surface area contributed by atoms with Crippen LogP contribution in [0.4, 0.5) is 5.82 Å². The maximum atomic E-state index is 13.2. The first-order chi connectivity index (χ1) is 14.7. The lowest BCUT2D eigenvalue weighted by atomic mass is 10.0. The van der Waals surface area contributed by atoms with Gasteiger partial charge in [0.05, 0.1) is 12.7 Å². The number of ether oxygens (including phenoxy) is 1. The number of imide groups is 1. The Morgan fingerprint density at radius 1 is 1.00 bits per heavy atom. The van der Waals surface area contributed by atoms with E-state index >= 15 is 0 Å². The second-order valence-corrected chi connectivity index (χ2v) is 7.10. The van der Waals surface area contributed by atoms with Crippen LogP contribution in [0.5, 0.6) is 5.75 Å². The molecule has 1 saturated heterocycles. The summed E-state index contributed by atoms with van der Waals surface area (Å²) in [5.74, 6) is 0.885. The Bertz CT molecular complexity index is 995. The number of amides is 2. The van der Waals surface area contributed by atoms with Crippen molar-refractivity contribution in [2.75, 3.05) is 44.7 Å². The Morgan fingerprint density at radius 3 is 2.37 bits per heavy atom. The van der Waals surface area contributed by atoms with Crippen molar-refractivity contribution in [3.05, 3.63) is 72.6 Å². The average molecular weight is 404 g/mol. The van der Waals surface area contributed by atoms with E-state index < -0.39 is 0 Å². The summed E-state index contributed by atoms with van der Waals surface area (Å²) in [6, 6.07) is 13.1. The van der Waals surface area contributed by atoms with E-state index in [4.69, 9.17) is 4.74 Å². The Hall–Kier alpha value is -3.61. The van der Waals surface area contributed by atoms with E-state index in [0.29, 0.717) is 48.8 Å². The predicted octanol–water partition coefficient (Wildman–Crippen LogP) is 2.18. The smallest absolute Gasteiger partial charge is 0.278 e.